The summed E-state index contributed by atoms with van der Waals surface area (Å²) in [5.41, 5.74) is 0.627. The highest BCUT2D eigenvalue weighted by molar-refractivity contribution is 6.33. The van der Waals surface area contributed by atoms with Gasteiger partial charge in [-0.3, -0.25) is 4.98 Å². The van der Waals surface area contributed by atoms with Gasteiger partial charge >= 0.3 is 0 Å². The van der Waals surface area contributed by atoms with Gasteiger partial charge in [0.1, 0.15) is 0 Å². The summed E-state index contributed by atoms with van der Waals surface area (Å²) in [4.78, 5) is 5.31. The Morgan fingerprint density at radius 1 is 1.46 bits per heavy atom. The molecule has 1 saturated heterocycles. The first kappa shape index (κ1) is 8.69. The van der Waals surface area contributed by atoms with Crippen LogP contribution in [-0.2, 0) is 0 Å². The quantitative estimate of drug-likeness (QED) is 0.697. The first-order valence-electron chi connectivity index (χ1n) is 3.81. The van der Waals surface area contributed by atoms with E-state index in [2.05, 4.69) is 4.98 Å². The van der Waals surface area contributed by atoms with Crippen molar-refractivity contribution in [3.8, 4) is 0 Å². The Kier molecular flexibility index (Phi) is 1.87. The molecule has 2 rings (SSSR count). The zero-order chi connectivity index (χ0) is 9.47. The minimum atomic E-state index is -2.56. The molecule has 0 unspecified atom stereocenters. The van der Waals surface area contributed by atoms with Gasteiger partial charge in [-0.2, -0.15) is 0 Å². The second kappa shape index (κ2) is 2.80. The molecular weight excluding hydrogens is 198 g/mol. The highest BCUT2D eigenvalue weighted by atomic mass is 35.5. The molecule has 0 aromatic carbocycles. The maximum atomic E-state index is 12.5. The minimum absolute atomic E-state index is 0.253. The van der Waals surface area contributed by atoms with Gasteiger partial charge in [0.2, 0.25) is 0 Å². The average molecular weight is 205 g/mol. The number of alkyl halides is 2. The van der Waals surface area contributed by atoms with E-state index in [4.69, 9.17) is 11.6 Å². The molecule has 1 aliphatic heterocycles. The van der Waals surface area contributed by atoms with E-state index >= 15 is 0 Å². The average Bonchev–Trinajstić information content (AvgIpc) is 2.01. The molecule has 1 aliphatic rings. The molecule has 13 heavy (non-hydrogen) atoms. The van der Waals surface area contributed by atoms with Crippen LogP contribution in [0.5, 0.6) is 0 Å². The van der Waals surface area contributed by atoms with E-state index in [1.165, 1.54) is 17.3 Å². The molecule has 0 amide bonds. The first-order chi connectivity index (χ1) is 6.08. The van der Waals surface area contributed by atoms with E-state index in [1.54, 1.807) is 6.07 Å². The van der Waals surface area contributed by atoms with Crippen LogP contribution in [0.25, 0.3) is 0 Å². The van der Waals surface area contributed by atoms with Gasteiger partial charge in [0, 0.05) is 12.4 Å². The third-order valence-electron chi connectivity index (χ3n) is 1.94. The number of anilines is 1. The Morgan fingerprint density at radius 2 is 2.15 bits per heavy atom. The third-order valence-corrected chi connectivity index (χ3v) is 2.23. The van der Waals surface area contributed by atoms with Crippen molar-refractivity contribution in [1.82, 2.24) is 4.98 Å². The van der Waals surface area contributed by atoms with Crippen molar-refractivity contribution in [1.29, 1.82) is 0 Å². The van der Waals surface area contributed by atoms with Crippen molar-refractivity contribution in [2.75, 3.05) is 18.0 Å². The maximum absolute atomic E-state index is 12.5. The lowest BCUT2D eigenvalue weighted by atomic mass is 10.1. The molecular formula is C8H7ClF2N2. The lowest BCUT2D eigenvalue weighted by Gasteiger charge is -2.40. The predicted octanol–water partition coefficient (Wildman–Crippen LogP) is 2.19. The van der Waals surface area contributed by atoms with E-state index < -0.39 is 5.92 Å². The largest absolute Gasteiger partial charge is 0.358 e. The maximum Gasteiger partial charge on any atom is 0.282 e. The molecule has 1 fully saturated rings. The first-order valence-corrected chi connectivity index (χ1v) is 4.19. The zero-order valence-electron chi connectivity index (χ0n) is 6.67. The van der Waals surface area contributed by atoms with Crippen molar-refractivity contribution in [2.24, 2.45) is 0 Å². The van der Waals surface area contributed by atoms with Crippen LogP contribution in [0.4, 0.5) is 14.5 Å². The minimum Gasteiger partial charge on any atom is -0.358 e. The zero-order valence-corrected chi connectivity index (χ0v) is 7.43. The van der Waals surface area contributed by atoms with Gasteiger partial charge in [-0.25, -0.2) is 8.78 Å². The molecule has 0 saturated carbocycles. The van der Waals surface area contributed by atoms with Crippen LogP contribution in [0.3, 0.4) is 0 Å². The summed E-state index contributed by atoms with van der Waals surface area (Å²) in [6.45, 7) is -0.506. The SMILES string of the molecule is FC1(F)CN(c2ccncc2Cl)C1. The van der Waals surface area contributed by atoms with Crippen LogP contribution < -0.4 is 4.90 Å². The van der Waals surface area contributed by atoms with Crippen molar-refractivity contribution < 1.29 is 8.78 Å². The second-order valence-corrected chi connectivity index (χ2v) is 3.45. The van der Waals surface area contributed by atoms with Crippen LogP contribution in [0.1, 0.15) is 0 Å². The molecule has 2 heterocycles. The molecule has 2 nitrogen and oxygen atoms in total. The summed E-state index contributed by atoms with van der Waals surface area (Å²) in [6, 6.07) is 1.64. The standard InChI is InChI=1S/C8H7ClF2N2/c9-6-3-12-2-1-7(6)13-4-8(10,11)5-13/h1-3H,4-5H2. The monoisotopic (exact) mass is 204 g/mol. The molecule has 0 radical (unpaired) electrons. The lowest BCUT2D eigenvalue weighted by molar-refractivity contribution is -0.0262. The predicted molar refractivity (Wildman–Crippen MR) is 46.4 cm³/mol. The number of hydrogen-bond donors (Lipinski definition) is 0. The summed E-state index contributed by atoms with van der Waals surface area (Å²) in [7, 11) is 0. The van der Waals surface area contributed by atoms with Crippen LogP contribution in [0, 0.1) is 0 Å². The number of hydrogen-bond acceptors (Lipinski definition) is 2. The van der Waals surface area contributed by atoms with Crippen molar-refractivity contribution in [3.63, 3.8) is 0 Å². The van der Waals surface area contributed by atoms with Gasteiger partial charge in [0.05, 0.1) is 23.8 Å². The number of rotatable bonds is 1. The third kappa shape index (κ3) is 1.58. The molecule has 1 aromatic rings. The summed E-state index contributed by atoms with van der Waals surface area (Å²) in [5.74, 6) is -2.56. The highest BCUT2D eigenvalue weighted by Crippen LogP contribution is 2.34. The summed E-state index contributed by atoms with van der Waals surface area (Å²) in [6.07, 6.45) is 2.99. The summed E-state index contributed by atoms with van der Waals surface area (Å²) in [5, 5.41) is 0.415. The van der Waals surface area contributed by atoms with E-state index in [-0.39, 0.29) is 13.1 Å². The van der Waals surface area contributed by atoms with Crippen LogP contribution in [0.2, 0.25) is 5.02 Å². The van der Waals surface area contributed by atoms with Gasteiger partial charge in [-0.15, -0.1) is 0 Å². The van der Waals surface area contributed by atoms with Crippen LogP contribution >= 0.6 is 11.6 Å². The smallest absolute Gasteiger partial charge is 0.282 e. The fraction of sp³-hybridized carbons (Fsp3) is 0.375. The second-order valence-electron chi connectivity index (χ2n) is 3.04. The van der Waals surface area contributed by atoms with Crippen molar-refractivity contribution >= 4 is 17.3 Å². The molecule has 0 spiro atoms. The number of halogens is 3. The Hall–Kier alpha value is -0.900. The lowest BCUT2D eigenvalue weighted by Crippen LogP contribution is -2.56. The van der Waals surface area contributed by atoms with E-state index in [0.29, 0.717) is 10.7 Å². The topological polar surface area (TPSA) is 16.1 Å². The fourth-order valence-corrected chi connectivity index (χ4v) is 1.55. The van der Waals surface area contributed by atoms with Gasteiger partial charge in [-0.1, -0.05) is 11.6 Å². The normalized spacial score (nSPS) is 19.8. The van der Waals surface area contributed by atoms with E-state index in [1.807, 2.05) is 0 Å². The van der Waals surface area contributed by atoms with Gasteiger partial charge in [0.25, 0.3) is 5.92 Å². The molecule has 1 aromatic heterocycles. The molecule has 5 heteroatoms. The fourth-order valence-electron chi connectivity index (χ4n) is 1.31. The molecule has 0 bridgehead atoms. The number of aromatic nitrogens is 1. The molecule has 0 N–H and O–H groups in total. The van der Waals surface area contributed by atoms with Crippen molar-refractivity contribution in [2.45, 2.75) is 5.92 Å². The summed E-state index contributed by atoms with van der Waals surface area (Å²) >= 11 is 5.78. The Balaban J connectivity index is 2.16. The molecule has 0 atom stereocenters. The number of pyridine rings is 1. The van der Waals surface area contributed by atoms with E-state index in [9.17, 15) is 8.78 Å². The van der Waals surface area contributed by atoms with Crippen LogP contribution in [-0.4, -0.2) is 24.0 Å². The van der Waals surface area contributed by atoms with Gasteiger partial charge < -0.3 is 4.90 Å². The molecule has 70 valence electrons. The van der Waals surface area contributed by atoms with Gasteiger partial charge in [-0.05, 0) is 6.07 Å². The van der Waals surface area contributed by atoms with E-state index in [0.717, 1.165) is 0 Å². The van der Waals surface area contributed by atoms with Gasteiger partial charge in [0.15, 0.2) is 0 Å². The Labute approximate surface area is 79.1 Å². The van der Waals surface area contributed by atoms with Crippen molar-refractivity contribution in [3.05, 3.63) is 23.5 Å². The Morgan fingerprint density at radius 3 is 2.69 bits per heavy atom. The highest BCUT2D eigenvalue weighted by Gasteiger charge is 2.44. The Bertz CT molecular complexity index is 322. The van der Waals surface area contributed by atoms with Crippen LogP contribution in [0.15, 0.2) is 18.5 Å². The summed E-state index contributed by atoms with van der Waals surface area (Å²) < 4.78 is 25.0. The molecule has 0 aliphatic carbocycles. The number of nitrogens with zero attached hydrogens (tertiary/aromatic N) is 2.